The molecule has 0 amide bonds. The van der Waals surface area contributed by atoms with Crippen LogP contribution in [0.25, 0.3) is 6.08 Å². The first-order valence-electron chi connectivity index (χ1n) is 7.31. The van der Waals surface area contributed by atoms with Gasteiger partial charge in [0, 0.05) is 0 Å². The van der Waals surface area contributed by atoms with E-state index in [1.807, 2.05) is 6.08 Å². The first-order valence-corrected chi connectivity index (χ1v) is 7.31. The van der Waals surface area contributed by atoms with E-state index in [0.717, 1.165) is 0 Å². The summed E-state index contributed by atoms with van der Waals surface area (Å²) in [6.45, 7) is 12.3. The van der Waals surface area contributed by atoms with E-state index in [2.05, 4.69) is 76.7 Å². The van der Waals surface area contributed by atoms with Crippen LogP contribution in [0.5, 0.6) is 0 Å². The molecule has 0 heterocycles. The molecule has 2 rings (SSSR count). The second-order valence-electron chi connectivity index (χ2n) is 5.36. The van der Waals surface area contributed by atoms with E-state index in [1.165, 1.54) is 40.7 Å². The van der Waals surface area contributed by atoms with Crippen molar-refractivity contribution in [2.24, 2.45) is 0 Å². The summed E-state index contributed by atoms with van der Waals surface area (Å²) in [5.41, 5.74) is 6.69. The third-order valence-electron chi connectivity index (χ3n) is 3.09. The molecule has 0 aromatic heterocycles. The highest BCUT2D eigenvalue weighted by Gasteiger charge is 1.90. The summed E-state index contributed by atoms with van der Waals surface area (Å²) in [6, 6.07) is 15.1. The van der Waals surface area contributed by atoms with E-state index in [1.54, 1.807) is 0 Å². The lowest BCUT2D eigenvalue weighted by Crippen LogP contribution is -1.82. The fraction of sp³-hybridized carbons (Fsp3) is 0.300. The van der Waals surface area contributed by atoms with Gasteiger partial charge in [0.05, 0.1) is 0 Å². The molecule has 2 aromatic carbocycles. The largest absolute Gasteiger partial charge is 0.344 e. The van der Waals surface area contributed by atoms with Crippen molar-refractivity contribution in [3.05, 3.63) is 76.9 Å². The van der Waals surface area contributed by atoms with Gasteiger partial charge in [-0.2, -0.15) is 0 Å². The van der Waals surface area contributed by atoms with Crippen molar-refractivity contribution in [3.8, 4) is 0 Å². The van der Waals surface area contributed by atoms with Crippen molar-refractivity contribution in [3.63, 3.8) is 0 Å². The molecule has 3 N–H and O–H groups in total. The molecule has 0 saturated carbocycles. The van der Waals surface area contributed by atoms with Gasteiger partial charge in [0.2, 0.25) is 0 Å². The zero-order chi connectivity index (χ0) is 15.0. The van der Waals surface area contributed by atoms with Gasteiger partial charge in [-0.3, -0.25) is 0 Å². The van der Waals surface area contributed by atoms with E-state index in [4.69, 9.17) is 0 Å². The van der Waals surface area contributed by atoms with Gasteiger partial charge in [-0.25, -0.2) is 0 Å². The molecule has 0 atom stereocenters. The zero-order valence-electron chi connectivity index (χ0n) is 13.9. The number of rotatable bonds is 3. The van der Waals surface area contributed by atoms with Crippen LogP contribution in [0.2, 0.25) is 0 Å². The molecule has 0 aliphatic carbocycles. The maximum absolute atomic E-state index is 3.73. The topological polar surface area (TPSA) is 35.0 Å². The normalized spacial score (nSPS) is 9.14. The summed E-state index contributed by atoms with van der Waals surface area (Å²) >= 11 is 0. The Morgan fingerprint density at radius 1 is 0.905 bits per heavy atom. The third kappa shape index (κ3) is 7.48. The maximum atomic E-state index is 3.73. The van der Waals surface area contributed by atoms with Crippen LogP contribution < -0.4 is 6.15 Å². The lowest BCUT2D eigenvalue weighted by molar-refractivity contribution is 0.921. The Balaban J connectivity index is 0.000000370. The fourth-order valence-corrected chi connectivity index (χ4v) is 2.37. The van der Waals surface area contributed by atoms with Crippen LogP contribution in [0.15, 0.2) is 49.0 Å². The van der Waals surface area contributed by atoms with Crippen molar-refractivity contribution in [2.45, 2.75) is 40.5 Å². The molecule has 21 heavy (non-hydrogen) atoms. The monoisotopic (exact) mass is 283 g/mol. The van der Waals surface area contributed by atoms with Crippen LogP contribution in [-0.2, 0) is 6.42 Å². The zero-order valence-corrected chi connectivity index (χ0v) is 13.9. The van der Waals surface area contributed by atoms with Crippen molar-refractivity contribution in [2.75, 3.05) is 0 Å². The van der Waals surface area contributed by atoms with E-state index in [0.29, 0.717) is 0 Å². The molecular formula is C20H29N. The second kappa shape index (κ2) is 9.95. The Hall–Kier alpha value is -1.86. The van der Waals surface area contributed by atoms with Crippen molar-refractivity contribution >= 4 is 6.08 Å². The molecule has 0 fully saturated rings. The van der Waals surface area contributed by atoms with Crippen LogP contribution in [0.4, 0.5) is 0 Å². The molecule has 0 unspecified atom stereocenters. The molecule has 0 radical (unpaired) electrons. The number of aryl methyl sites for hydroxylation is 4. The molecule has 0 bridgehead atoms. The quantitative estimate of drug-likeness (QED) is 0.730. The summed E-state index contributed by atoms with van der Waals surface area (Å²) in [7, 11) is 0. The molecule has 0 saturated heterocycles. The first kappa shape index (κ1) is 19.1. The minimum atomic E-state index is 0. The summed E-state index contributed by atoms with van der Waals surface area (Å²) in [5.74, 6) is 0. The molecule has 1 heteroatoms. The number of hydrogen-bond donors (Lipinski definition) is 1. The number of hydrogen-bond acceptors (Lipinski definition) is 1. The van der Waals surface area contributed by atoms with Gasteiger partial charge in [0.25, 0.3) is 0 Å². The summed E-state index contributed by atoms with van der Waals surface area (Å²) < 4.78 is 0. The van der Waals surface area contributed by atoms with Crippen molar-refractivity contribution < 1.29 is 0 Å². The van der Waals surface area contributed by atoms with E-state index >= 15 is 0 Å². The lowest BCUT2D eigenvalue weighted by atomic mass is 10.1. The Morgan fingerprint density at radius 2 is 1.43 bits per heavy atom. The number of benzene rings is 2. The van der Waals surface area contributed by atoms with Crippen LogP contribution in [-0.4, -0.2) is 0 Å². The van der Waals surface area contributed by atoms with Gasteiger partial charge in [0.15, 0.2) is 0 Å². The van der Waals surface area contributed by atoms with Gasteiger partial charge in [-0.05, 0) is 38.3 Å². The van der Waals surface area contributed by atoms with Crippen molar-refractivity contribution in [1.29, 1.82) is 0 Å². The Morgan fingerprint density at radius 3 is 1.86 bits per heavy atom. The predicted molar refractivity (Wildman–Crippen MR) is 96.2 cm³/mol. The molecule has 1 nitrogen and oxygen atoms in total. The predicted octanol–water partition coefficient (Wildman–Crippen LogP) is 6.06. The summed E-state index contributed by atoms with van der Waals surface area (Å²) in [6.07, 6.45) is 4.27. The molecule has 2 aromatic rings. The molecule has 0 spiro atoms. The molecule has 0 aliphatic heterocycles. The standard InChI is InChI=1S/C11H14.C9H12.H3N/c1-3-6-11-8-5-7-10(4-2)9-11;1-7-4-8(2)6-9(3)5-7;/h4-5,7-9H,2-3,6H2,1H3;4-6H,1-3H3;1H3. The summed E-state index contributed by atoms with van der Waals surface area (Å²) in [5, 5.41) is 0. The highest BCUT2D eigenvalue weighted by atomic mass is 14.0. The lowest BCUT2D eigenvalue weighted by Gasteiger charge is -1.98. The van der Waals surface area contributed by atoms with Crippen LogP contribution in [0.3, 0.4) is 0 Å². The minimum absolute atomic E-state index is 0. The average Bonchev–Trinajstić information content (AvgIpc) is 2.38. The maximum Gasteiger partial charge on any atom is -0.0260 e. The molecular weight excluding hydrogens is 254 g/mol. The van der Waals surface area contributed by atoms with E-state index < -0.39 is 0 Å². The van der Waals surface area contributed by atoms with Gasteiger partial charge in [-0.15, -0.1) is 0 Å². The Bertz CT molecular complexity index is 505. The van der Waals surface area contributed by atoms with Gasteiger partial charge >= 0.3 is 0 Å². The van der Waals surface area contributed by atoms with Gasteiger partial charge in [-0.1, -0.05) is 85.2 Å². The Labute approximate surface area is 130 Å². The van der Waals surface area contributed by atoms with Crippen molar-refractivity contribution in [1.82, 2.24) is 6.15 Å². The van der Waals surface area contributed by atoms with Crippen LogP contribution >= 0.6 is 0 Å². The van der Waals surface area contributed by atoms with Gasteiger partial charge in [0.1, 0.15) is 0 Å². The van der Waals surface area contributed by atoms with Gasteiger partial charge < -0.3 is 6.15 Å². The SMILES string of the molecule is C=Cc1cccc(CCC)c1.Cc1cc(C)cc(C)c1.N. The first-order chi connectivity index (χ1) is 9.55. The average molecular weight is 283 g/mol. The highest BCUT2D eigenvalue weighted by molar-refractivity contribution is 5.47. The van der Waals surface area contributed by atoms with Crippen LogP contribution in [0.1, 0.15) is 41.2 Å². The molecule has 0 aliphatic rings. The van der Waals surface area contributed by atoms with E-state index in [9.17, 15) is 0 Å². The smallest absolute Gasteiger partial charge is 0.0260 e. The minimum Gasteiger partial charge on any atom is -0.344 e. The highest BCUT2D eigenvalue weighted by Crippen LogP contribution is 2.08. The second-order valence-corrected chi connectivity index (χ2v) is 5.36. The van der Waals surface area contributed by atoms with Crippen LogP contribution in [0, 0.1) is 20.8 Å². The fourth-order valence-electron chi connectivity index (χ4n) is 2.37. The summed E-state index contributed by atoms with van der Waals surface area (Å²) in [4.78, 5) is 0. The van der Waals surface area contributed by atoms with E-state index in [-0.39, 0.29) is 6.15 Å². The third-order valence-corrected chi connectivity index (χ3v) is 3.09. The molecule has 114 valence electrons. The Kier molecular flexibility index (Phi) is 9.07.